The number of benzene rings is 1. The van der Waals surface area contributed by atoms with Crippen molar-refractivity contribution in [2.75, 3.05) is 6.61 Å². The molecule has 9 heteroatoms. The van der Waals surface area contributed by atoms with E-state index in [0.717, 1.165) is 6.08 Å². The summed E-state index contributed by atoms with van der Waals surface area (Å²) < 4.78 is 36.4. The Morgan fingerprint density at radius 2 is 1.92 bits per heavy atom. The van der Waals surface area contributed by atoms with Crippen LogP contribution in [0.25, 0.3) is 6.08 Å². The molecule has 0 saturated carbocycles. The topological polar surface area (TPSA) is 129 Å². The number of carbonyl (C=O) groups is 2. The highest BCUT2D eigenvalue weighted by atomic mass is 32.2. The minimum absolute atomic E-state index is 0.0443. The van der Waals surface area contributed by atoms with Gasteiger partial charge in [-0.25, -0.2) is 17.9 Å². The lowest BCUT2D eigenvalue weighted by Crippen LogP contribution is -2.22. The van der Waals surface area contributed by atoms with Gasteiger partial charge in [0.2, 0.25) is 10.0 Å². The second-order valence-corrected chi connectivity index (χ2v) is 6.65. The van der Waals surface area contributed by atoms with E-state index in [-0.39, 0.29) is 11.4 Å². The van der Waals surface area contributed by atoms with Gasteiger partial charge in [-0.05, 0) is 35.9 Å². The predicted octanol–water partition coefficient (Wildman–Crippen LogP) is 0.800. The van der Waals surface area contributed by atoms with Gasteiger partial charge in [0.1, 0.15) is 5.76 Å². The molecule has 1 heterocycles. The third-order valence-electron chi connectivity index (χ3n) is 2.98. The lowest BCUT2D eigenvalue weighted by Gasteiger charge is -2.05. The van der Waals surface area contributed by atoms with Crippen molar-refractivity contribution < 1.29 is 27.2 Å². The van der Waals surface area contributed by atoms with E-state index in [4.69, 9.17) is 10.2 Å². The van der Waals surface area contributed by atoms with Gasteiger partial charge in [-0.1, -0.05) is 12.1 Å². The predicted molar refractivity (Wildman–Crippen MR) is 88.4 cm³/mol. The Bertz CT molecular complexity index is 855. The Morgan fingerprint density at radius 3 is 2.52 bits per heavy atom. The van der Waals surface area contributed by atoms with Crippen LogP contribution in [0.15, 0.2) is 58.1 Å². The van der Waals surface area contributed by atoms with E-state index in [0.29, 0.717) is 11.3 Å². The van der Waals surface area contributed by atoms with Gasteiger partial charge in [-0.3, -0.25) is 4.79 Å². The minimum Gasteiger partial charge on any atom is -0.468 e. The molecule has 0 atom stereocenters. The first-order chi connectivity index (χ1) is 11.9. The van der Waals surface area contributed by atoms with Crippen LogP contribution in [0.2, 0.25) is 0 Å². The average molecular weight is 364 g/mol. The lowest BCUT2D eigenvalue weighted by atomic mass is 10.2. The zero-order valence-electron chi connectivity index (χ0n) is 13.0. The molecule has 0 aliphatic heterocycles. The van der Waals surface area contributed by atoms with E-state index in [1.54, 1.807) is 12.1 Å². The largest absolute Gasteiger partial charge is 0.468 e. The van der Waals surface area contributed by atoms with Crippen LogP contribution in [0.3, 0.4) is 0 Å². The molecular weight excluding hydrogens is 348 g/mol. The maximum atomic E-state index is 12.2. The number of hydrogen-bond acceptors (Lipinski definition) is 6. The molecule has 0 bridgehead atoms. The SMILES string of the molecule is NC(=O)COC(=O)/C=C/c1ccc(S(=O)(=O)NCc2ccco2)cc1. The zero-order valence-corrected chi connectivity index (χ0v) is 13.9. The fraction of sp³-hybridized carbons (Fsp3) is 0.125. The molecule has 0 aliphatic carbocycles. The maximum Gasteiger partial charge on any atom is 0.331 e. The molecule has 3 N–H and O–H groups in total. The van der Waals surface area contributed by atoms with Gasteiger partial charge in [-0.2, -0.15) is 0 Å². The summed E-state index contributed by atoms with van der Waals surface area (Å²) >= 11 is 0. The number of sulfonamides is 1. The molecule has 132 valence electrons. The van der Waals surface area contributed by atoms with E-state index in [2.05, 4.69) is 9.46 Å². The van der Waals surface area contributed by atoms with Crippen LogP contribution in [0.1, 0.15) is 11.3 Å². The average Bonchev–Trinajstić information content (AvgIpc) is 3.10. The molecule has 0 spiro atoms. The molecule has 0 unspecified atom stereocenters. The summed E-state index contributed by atoms with van der Waals surface area (Å²) in [6, 6.07) is 9.18. The van der Waals surface area contributed by atoms with Crippen LogP contribution in [-0.2, 0) is 30.9 Å². The molecule has 1 aromatic heterocycles. The van der Waals surface area contributed by atoms with Crippen LogP contribution in [0.4, 0.5) is 0 Å². The molecule has 0 radical (unpaired) electrons. The second-order valence-electron chi connectivity index (χ2n) is 4.88. The summed E-state index contributed by atoms with van der Waals surface area (Å²) in [6.07, 6.45) is 4.00. The molecule has 1 aromatic carbocycles. The van der Waals surface area contributed by atoms with Gasteiger partial charge in [0.05, 0.1) is 17.7 Å². The number of esters is 1. The van der Waals surface area contributed by atoms with Crippen molar-refractivity contribution in [3.8, 4) is 0 Å². The van der Waals surface area contributed by atoms with Crippen molar-refractivity contribution in [2.24, 2.45) is 5.73 Å². The molecule has 1 amide bonds. The number of ether oxygens (including phenoxy) is 1. The molecule has 8 nitrogen and oxygen atoms in total. The van der Waals surface area contributed by atoms with Crippen molar-refractivity contribution in [3.63, 3.8) is 0 Å². The summed E-state index contributed by atoms with van der Waals surface area (Å²) in [5.41, 5.74) is 5.44. The van der Waals surface area contributed by atoms with Gasteiger partial charge < -0.3 is 14.9 Å². The molecule has 0 saturated heterocycles. The van der Waals surface area contributed by atoms with Gasteiger partial charge in [-0.15, -0.1) is 0 Å². The number of nitrogens with one attached hydrogen (secondary N) is 1. The lowest BCUT2D eigenvalue weighted by molar-refractivity contribution is -0.142. The van der Waals surface area contributed by atoms with E-state index < -0.39 is 28.5 Å². The van der Waals surface area contributed by atoms with Gasteiger partial charge in [0, 0.05) is 6.08 Å². The number of rotatable bonds is 8. The summed E-state index contributed by atoms with van der Waals surface area (Å²) in [5.74, 6) is -0.980. The van der Waals surface area contributed by atoms with Gasteiger partial charge in [0.25, 0.3) is 5.91 Å². The Balaban J connectivity index is 1.96. The second kappa shape index (κ2) is 8.27. The Kier molecular flexibility index (Phi) is 6.09. The van der Waals surface area contributed by atoms with Crippen molar-refractivity contribution in [2.45, 2.75) is 11.4 Å². The third-order valence-corrected chi connectivity index (χ3v) is 4.39. The monoisotopic (exact) mass is 364 g/mol. The number of furan rings is 1. The highest BCUT2D eigenvalue weighted by Crippen LogP contribution is 2.12. The highest BCUT2D eigenvalue weighted by molar-refractivity contribution is 7.89. The number of hydrogen-bond donors (Lipinski definition) is 2. The minimum atomic E-state index is -3.68. The van der Waals surface area contributed by atoms with Crippen LogP contribution in [0.5, 0.6) is 0 Å². The fourth-order valence-corrected chi connectivity index (χ4v) is 2.77. The zero-order chi connectivity index (χ0) is 18.3. The fourth-order valence-electron chi connectivity index (χ4n) is 1.78. The van der Waals surface area contributed by atoms with Crippen molar-refractivity contribution in [1.82, 2.24) is 4.72 Å². The summed E-state index contributed by atoms with van der Waals surface area (Å²) in [5, 5.41) is 0. The molecular formula is C16H16N2O6S. The molecule has 0 aliphatic rings. The first kappa shape index (κ1) is 18.4. The maximum absolute atomic E-state index is 12.2. The molecule has 2 rings (SSSR count). The molecule has 2 aromatic rings. The molecule has 0 fully saturated rings. The van der Waals surface area contributed by atoms with Crippen LogP contribution in [-0.4, -0.2) is 26.9 Å². The Labute approximate surface area is 144 Å². The van der Waals surface area contributed by atoms with Crippen LogP contribution < -0.4 is 10.5 Å². The van der Waals surface area contributed by atoms with E-state index in [1.165, 1.54) is 36.6 Å². The van der Waals surface area contributed by atoms with E-state index >= 15 is 0 Å². The first-order valence-corrected chi connectivity index (χ1v) is 8.60. The van der Waals surface area contributed by atoms with Crippen molar-refractivity contribution in [1.29, 1.82) is 0 Å². The number of nitrogens with two attached hydrogens (primary N) is 1. The number of carbonyl (C=O) groups excluding carboxylic acids is 2. The van der Waals surface area contributed by atoms with E-state index in [1.807, 2.05) is 0 Å². The number of amides is 1. The summed E-state index contributed by atoms with van der Waals surface area (Å²) in [4.78, 5) is 21.9. The quantitative estimate of drug-likeness (QED) is 0.526. The molecule has 25 heavy (non-hydrogen) atoms. The van der Waals surface area contributed by atoms with E-state index in [9.17, 15) is 18.0 Å². The van der Waals surface area contributed by atoms with Crippen molar-refractivity contribution >= 4 is 28.0 Å². The first-order valence-electron chi connectivity index (χ1n) is 7.12. The van der Waals surface area contributed by atoms with Gasteiger partial charge >= 0.3 is 5.97 Å². The number of primary amides is 1. The van der Waals surface area contributed by atoms with Crippen molar-refractivity contribution in [3.05, 3.63) is 60.1 Å². The highest BCUT2D eigenvalue weighted by Gasteiger charge is 2.13. The third kappa shape index (κ3) is 5.90. The summed E-state index contributed by atoms with van der Waals surface area (Å²) in [7, 11) is -3.68. The Hall–Kier alpha value is -2.91. The smallest absolute Gasteiger partial charge is 0.331 e. The standard InChI is InChI=1S/C16H16N2O6S/c17-15(19)11-24-16(20)8-5-12-3-6-14(7-4-12)25(21,22)18-10-13-2-1-9-23-13/h1-9,18H,10-11H2,(H2,17,19)/b8-5+. The normalized spacial score (nSPS) is 11.5. The Morgan fingerprint density at radius 1 is 1.20 bits per heavy atom. The van der Waals surface area contributed by atoms with Gasteiger partial charge in [0.15, 0.2) is 6.61 Å². The van der Waals surface area contributed by atoms with Crippen LogP contribution in [0, 0.1) is 0 Å². The summed E-state index contributed by atoms with van der Waals surface area (Å²) in [6.45, 7) is -0.454. The van der Waals surface area contributed by atoms with Crippen LogP contribution >= 0.6 is 0 Å².